The number of aryl methyl sites for hydroxylation is 1. The molecule has 0 unspecified atom stereocenters. The minimum Gasteiger partial charge on any atom is -0.311 e. The molecule has 0 fully saturated rings. The van der Waals surface area contributed by atoms with Gasteiger partial charge in [0.15, 0.2) is 0 Å². The van der Waals surface area contributed by atoms with Gasteiger partial charge in [0.2, 0.25) is 0 Å². The molecule has 1 nitrogen and oxygen atoms in total. The molecule has 0 heterocycles. The summed E-state index contributed by atoms with van der Waals surface area (Å²) < 4.78 is 0. The Hall–Kier alpha value is -5.44. The zero-order chi connectivity index (χ0) is 32.6. The van der Waals surface area contributed by atoms with Gasteiger partial charge < -0.3 is 4.90 Å². The first kappa shape index (κ1) is 28.8. The Morgan fingerprint density at radius 1 is 0.417 bits per heavy atom. The van der Waals surface area contributed by atoms with Gasteiger partial charge in [-0.1, -0.05) is 116 Å². The maximum Gasteiger partial charge on any atom is 0.0811 e. The van der Waals surface area contributed by atoms with Gasteiger partial charge in [-0.05, 0) is 138 Å². The molecule has 9 rings (SSSR count). The van der Waals surface area contributed by atoms with Crippen molar-refractivity contribution in [3.8, 4) is 33.4 Å². The molecule has 0 aliphatic heterocycles. The minimum absolute atomic E-state index is 1.18. The highest BCUT2D eigenvalue weighted by Crippen LogP contribution is 2.51. The Bertz CT molecular complexity index is 2540. The number of benzene rings is 8. The summed E-state index contributed by atoms with van der Waals surface area (Å²) in [5, 5.41) is 9.29. The third-order valence-electron chi connectivity index (χ3n) is 10.1. The Labute approximate surface area is 283 Å². The third kappa shape index (κ3) is 4.67. The molecule has 0 saturated carbocycles. The maximum absolute atomic E-state index is 2.49. The topological polar surface area (TPSA) is 3.24 Å². The normalized spacial score (nSPS) is 12.2. The molecular weight excluding hydrogens is 595 g/mol. The largest absolute Gasteiger partial charge is 0.311 e. The monoisotopic (exact) mass is 631 g/mol. The van der Waals surface area contributed by atoms with Crippen molar-refractivity contribution in [2.45, 2.75) is 26.6 Å². The van der Waals surface area contributed by atoms with Crippen LogP contribution in [-0.2, 0) is 0 Å². The van der Waals surface area contributed by atoms with Crippen LogP contribution < -0.4 is 10.1 Å². The lowest BCUT2D eigenvalue weighted by Crippen LogP contribution is -2.41. The van der Waals surface area contributed by atoms with E-state index in [0.29, 0.717) is 0 Å². The van der Waals surface area contributed by atoms with E-state index >= 15 is 0 Å². The molecule has 8 aromatic rings. The molecule has 1 aliphatic carbocycles. The molecular formula is C46H37NSi. The van der Waals surface area contributed by atoms with Crippen LogP contribution in [0.1, 0.15) is 5.56 Å². The molecule has 1 aliphatic rings. The summed E-state index contributed by atoms with van der Waals surface area (Å²) in [6, 6.07) is 56.6. The lowest BCUT2D eigenvalue weighted by Gasteiger charge is -2.33. The summed E-state index contributed by atoms with van der Waals surface area (Å²) in [5.41, 5.74) is 12.8. The van der Waals surface area contributed by atoms with Crippen molar-refractivity contribution in [2.75, 3.05) is 4.90 Å². The van der Waals surface area contributed by atoms with Crippen LogP contribution in [0.15, 0.2) is 152 Å². The second kappa shape index (κ2) is 10.8. The Morgan fingerprint density at radius 3 is 1.67 bits per heavy atom. The first-order valence-electron chi connectivity index (χ1n) is 16.9. The number of rotatable bonds is 5. The Balaban J connectivity index is 1.19. The fourth-order valence-corrected chi connectivity index (χ4v) is 9.72. The number of hydrogen-bond acceptors (Lipinski definition) is 1. The first-order valence-corrected chi connectivity index (χ1v) is 20.4. The number of anilines is 3. The van der Waals surface area contributed by atoms with E-state index in [1.165, 1.54) is 93.5 Å². The highest BCUT2D eigenvalue weighted by Gasteiger charge is 2.28. The summed E-state index contributed by atoms with van der Waals surface area (Å²) >= 11 is 0. The lowest BCUT2D eigenvalue weighted by molar-refractivity contribution is 1.29. The average Bonchev–Trinajstić information content (AvgIpc) is 3.10. The van der Waals surface area contributed by atoms with Gasteiger partial charge in [0.25, 0.3) is 0 Å². The van der Waals surface area contributed by atoms with E-state index in [2.05, 4.69) is 183 Å². The van der Waals surface area contributed by atoms with Gasteiger partial charge in [-0.2, -0.15) is 0 Å². The molecule has 0 radical (unpaired) electrons. The Kier molecular flexibility index (Phi) is 6.47. The van der Waals surface area contributed by atoms with E-state index in [0.717, 1.165) is 0 Å². The van der Waals surface area contributed by atoms with Crippen LogP contribution in [0.25, 0.3) is 65.7 Å². The standard InChI is InChI=1S/C46H37NSi/c1-30-14-20-38(21-15-30)47(45-23-19-32-12-8-9-13-40(32)46(45)48(2,3)4)39-22-18-35-27-42-41-26-34-17-16-33(31-10-6-5-7-11-31)24-36(34)28-43(41)44(42)29-37(35)25-39/h5-29H,1-4H3. The van der Waals surface area contributed by atoms with Crippen molar-refractivity contribution in [1.29, 1.82) is 0 Å². The summed E-state index contributed by atoms with van der Waals surface area (Å²) in [7, 11) is -1.77. The lowest BCUT2D eigenvalue weighted by atomic mass is 9.77. The van der Waals surface area contributed by atoms with Crippen molar-refractivity contribution in [2.24, 2.45) is 0 Å². The number of hydrogen-bond donors (Lipinski definition) is 0. The zero-order valence-corrected chi connectivity index (χ0v) is 28.9. The van der Waals surface area contributed by atoms with Crippen LogP contribution in [0, 0.1) is 6.92 Å². The van der Waals surface area contributed by atoms with Gasteiger partial charge in [0.1, 0.15) is 0 Å². The predicted octanol–water partition coefficient (Wildman–Crippen LogP) is 12.8. The van der Waals surface area contributed by atoms with Crippen LogP contribution in [0.4, 0.5) is 17.1 Å². The number of fused-ring (bicyclic) bond motifs is 7. The summed E-state index contributed by atoms with van der Waals surface area (Å²) in [6.45, 7) is 9.57. The second-order valence-corrected chi connectivity index (χ2v) is 19.4. The minimum atomic E-state index is -1.77. The van der Waals surface area contributed by atoms with Crippen molar-refractivity contribution in [1.82, 2.24) is 0 Å². The molecule has 230 valence electrons. The highest BCUT2D eigenvalue weighted by atomic mass is 28.3. The molecule has 0 spiro atoms. The van der Waals surface area contributed by atoms with Crippen LogP contribution in [-0.4, -0.2) is 8.07 Å². The quantitative estimate of drug-likeness (QED) is 0.171. The van der Waals surface area contributed by atoms with Gasteiger partial charge in [0, 0.05) is 17.1 Å². The molecule has 0 bridgehead atoms. The first-order chi connectivity index (χ1) is 23.3. The summed E-state index contributed by atoms with van der Waals surface area (Å²) in [5.74, 6) is 0. The molecule has 8 aromatic carbocycles. The van der Waals surface area contributed by atoms with Crippen LogP contribution in [0.3, 0.4) is 0 Å². The van der Waals surface area contributed by atoms with Gasteiger partial charge in [-0.15, -0.1) is 0 Å². The maximum atomic E-state index is 2.49. The fraction of sp³-hybridized carbons (Fsp3) is 0.0870. The van der Waals surface area contributed by atoms with Crippen molar-refractivity contribution >= 4 is 62.6 Å². The molecule has 0 saturated heterocycles. The summed E-state index contributed by atoms with van der Waals surface area (Å²) in [4.78, 5) is 2.49. The molecule has 0 N–H and O–H groups in total. The van der Waals surface area contributed by atoms with Crippen molar-refractivity contribution < 1.29 is 0 Å². The fourth-order valence-electron chi connectivity index (χ4n) is 7.72. The van der Waals surface area contributed by atoms with E-state index in [1.54, 1.807) is 0 Å². The molecule has 0 aromatic heterocycles. The van der Waals surface area contributed by atoms with Crippen LogP contribution in [0.5, 0.6) is 0 Å². The molecule has 0 amide bonds. The average molecular weight is 632 g/mol. The smallest absolute Gasteiger partial charge is 0.0811 e. The Morgan fingerprint density at radius 2 is 0.979 bits per heavy atom. The van der Waals surface area contributed by atoms with E-state index < -0.39 is 8.07 Å². The highest BCUT2D eigenvalue weighted by molar-refractivity contribution is 6.91. The van der Waals surface area contributed by atoms with Gasteiger partial charge in [-0.3, -0.25) is 0 Å². The predicted molar refractivity (Wildman–Crippen MR) is 211 cm³/mol. The van der Waals surface area contributed by atoms with Gasteiger partial charge in [-0.25, -0.2) is 0 Å². The molecule has 0 atom stereocenters. The van der Waals surface area contributed by atoms with E-state index in [9.17, 15) is 0 Å². The van der Waals surface area contributed by atoms with Gasteiger partial charge in [0.05, 0.1) is 8.07 Å². The second-order valence-electron chi connectivity index (χ2n) is 14.4. The van der Waals surface area contributed by atoms with Crippen LogP contribution >= 0.6 is 0 Å². The van der Waals surface area contributed by atoms with Gasteiger partial charge >= 0.3 is 0 Å². The molecule has 48 heavy (non-hydrogen) atoms. The van der Waals surface area contributed by atoms with Crippen LogP contribution in [0.2, 0.25) is 19.6 Å². The zero-order valence-electron chi connectivity index (χ0n) is 27.9. The summed E-state index contributed by atoms with van der Waals surface area (Å²) in [6.07, 6.45) is 0. The van der Waals surface area contributed by atoms with E-state index in [-0.39, 0.29) is 0 Å². The number of nitrogens with zero attached hydrogens (tertiary/aromatic N) is 1. The van der Waals surface area contributed by atoms with Crippen molar-refractivity contribution in [3.05, 3.63) is 157 Å². The SMILES string of the molecule is Cc1ccc(N(c2ccc3cc4c(cc3c2)-c2cc3cc(-c5ccccc5)ccc3cc2-4)c2ccc3ccccc3c2[Si](C)(C)C)cc1. The van der Waals surface area contributed by atoms with E-state index in [1.807, 2.05) is 0 Å². The molecule has 2 heteroatoms. The third-order valence-corrected chi connectivity index (χ3v) is 12.1. The van der Waals surface area contributed by atoms with Crippen molar-refractivity contribution in [3.63, 3.8) is 0 Å². The van der Waals surface area contributed by atoms with E-state index in [4.69, 9.17) is 0 Å².